The number of hydrogen-bond donors (Lipinski definition) is 6. The van der Waals surface area contributed by atoms with E-state index in [1.165, 1.54) is 6.42 Å². The van der Waals surface area contributed by atoms with E-state index in [2.05, 4.69) is 16.0 Å². The molecule has 4 rings (SSSR count). The second-order valence-corrected chi connectivity index (χ2v) is 10.6. The summed E-state index contributed by atoms with van der Waals surface area (Å²) in [6, 6.07) is 14.2. The molecule has 0 unspecified atom stereocenters. The quantitative estimate of drug-likeness (QED) is 0.174. The molecule has 0 saturated heterocycles. The Labute approximate surface area is 247 Å². The third-order valence-electron chi connectivity index (χ3n) is 7.73. The second kappa shape index (κ2) is 15.0. The van der Waals surface area contributed by atoms with Crippen molar-refractivity contribution in [2.24, 2.45) is 11.7 Å². The highest BCUT2D eigenvalue weighted by Gasteiger charge is 2.46. The summed E-state index contributed by atoms with van der Waals surface area (Å²) < 4.78 is 0. The van der Waals surface area contributed by atoms with Crippen LogP contribution >= 0.6 is 24.8 Å². The third-order valence-corrected chi connectivity index (χ3v) is 7.73. The fourth-order valence-electron chi connectivity index (χ4n) is 5.65. The molecule has 7 N–H and O–H groups in total. The molecular formula is C29H39Cl2N5O4. The van der Waals surface area contributed by atoms with Crippen LogP contribution in [-0.2, 0) is 33.8 Å². The average Bonchev–Trinajstić information content (AvgIpc) is 3.29. The second-order valence-electron chi connectivity index (χ2n) is 10.6. The lowest BCUT2D eigenvalue weighted by Gasteiger charge is -2.33. The number of nitrogen functional groups attached to an aromatic ring is 1. The predicted octanol–water partition coefficient (Wildman–Crippen LogP) is 3.10. The van der Waals surface area contributed by atoms with Crippen molar-refractivity contribution < 1.29 is 19.5 Å². The zero-order valence-corrected chi connectivity index (χ0v) is 24.0. The van der Waals surface area contributed by atoms with Crippen LogP contribution < -0.4 is 21.7 Å². The van der Waals surface area contributed by atoms with E-state index in [9.17, 15) is 19.5 Å². The number of aliphatic carboxylic acids is 1. The smallest absolute Gasteiger partial charge is 0.317 e. The fraction of sp³-hybridized carbons (Fsp3) is 0.448. The maximum atomic E-state index is 13.7. The first-order valence-corrected chi connectivity index (χ1v) is 13.3. The molecular weight excluding hydrogens is 553 g/mol. The summed E-state index contributed by atoms with van der Waals surface area (Å²) in [5, 5.41) is 25.8. The molecule has 0 radical (unpaired) electrons. The van der Waals surface area contributed by atoms with Crippen molar-refractivity contribution in [1.29, 1.82) is 5.41 Å². The van der Waals surface area contributed by atoms with Gasteiger partial charge >= 0.3 is 5.97 Å². The molecule has 2 aromatic carbocycles. The van der Waals surface area contributed by atoms with Gasteiger partial charge in [0.05, 0.1) is 12.6 Å². The molecule has 218 valence electrons. The van der Waals surface area contributed by atoms with Crippen molar-refractivity contribution in [3.63, 3.8) is 0 Å². The van der Waals surface area contributed by atoms with E-state index in [-0.39, 0.29) is 55.6 Å². The van der Waals surface area contributed by atoms with Crippen LogP contribution in [0.3, 0.4) is 0 Å². The Balaban J connectivity index is 0.00000280. The Morgan fingerprint density at radius 1 is 0.975 bits per heavy atom. The summed E-state index contributed by atoms with van der Waals surface area (Å²) in [6.45, 7) is -0.0613. The Morgan fingerprint density at radius 3 is 2.12 bits per heavy atom. The molecule has 0 aromatic heterocycles. The molecule has 0 aliphatic heterocycles. The first kappa shape index (κ1) is 33.1. The van der Waals surface area contributed by atoms with E-state index in [4.69, 9.17) is 11.1 Å². The number of carboxylic acid groups (broad SMARTS) is 1. The standard InChI is InChI=1S/C29H37N5O4.2ClH/c30-26(31)21-12-10-20(11-13-21)17-33-28(38)29(15-22-8-4-5-9-23(22)16-29)34-27(37)24(32-18-25(35)36)14-19-6-2-1-3-7-19;;/h4-5,8-13,19,24,32H,1-3,6-7,14-18H2,(H3,30,31)(H,33,38)(H,34,37)(H,35,36);2*1H/t24-;;/m1../s1. The van der Waals surface area contributed by atoms with Gasteiger partial charge in [0.15, 0.2) is 0 Å². The maximum absolute atomic E-state index is 13.7. The van der Waals surface area contributed by atoms with E-state index in [1.807, 2.05) is 36.4 Å². The zero-order valence-electron chi connectivity index (χ0n) is 22.4. The molecule has 1 atom stereocenters. The van der Waals surface area contributed by atoms with Crippen LogP contribution in [0.1, 0.15) is 60.8 Å². The molecule has 0 heterocycles. The van der Waals surface area contributed by atoms with Gasteiger partial charge in [0.1, 0.15) is 11.4 Å². The molecule has 2 aliphatic rings. The fourth-order valence-corrected chi connectivity index (χ4v) is 5.65. The third kappa shape index (κ3) is 8.43. The number of carbonyl (C=O) groups excluding carboxylic acids is 2. The SMILES string of the molecule is Cl.Cl.N=C(N)c1ccc(CNC(=O)C2(NC(=O)[C@@H](CC3CCCCC3)NCC(=O)O)Cc3ccccc3C2)cc1. The Morgan fingerprint density at radius 2 is 1.57 bits per heavy atom. The minimum atomic E-state index is -1.17. The van der Waals surface area contributed by atoms with Gasteiger partial charge in [-0.2, -0.15) is 0 Å². The van der Waals surface area contributed by atoms with Crippen LogP contribution in [-0.4, -0.2) is 46.9 Å². The van der Waals surface area contributed by atoms with Gasteiger partial charge in [-0.1, -0.05) is 80.6 Å². The van der Waals surface area contributed by atoms with Gasteiger partial charge in [-0.05, 0) is 29.0 Å². The van der Waals surface area contributed by atoms with Crippen molar-refractivity contribution >= 4 is 48.4 Å². The van der Waals surface area contributed by atoms with Gasteiger partial charge < -0.3 is 21.5 Å². The van der Waals surface area contributed by atoms with Crippen LogP contribution in [0.2, 0.25) is 0 Å². The summed E-state index contributed by atoms with van der Waals surface area (Å²) in [5.41, 5.74) is 7.83. The highest BCUT2D eigenvalue weighted by atomic mass is 35.5. The van der Waals surface area contributed by atoms with E-state index >= 15 is 0 Å². The lowest BCUT2D eigenvalue weighted by Crippen LogP contribution is -2.63. The van der Waals surface area contributed by atoms with E-state index in [1.54, 1.807) is 12.1 Å². The topological polar surface area (TPSA) is 157 Å². The van der Waals surface area contributed by atoms with Gasteiger partial charge in [0.25, 0.3) is 0 Å². The molecule has 9 nitrogen and oxygen atoms in total. The van der Waals surface area contributed by atoms with Gasteiger partial charge in [0.2, 0.25) is 11.8 Å². The van der Waals surface area contributed by atoms with Crippen molar-refractivity contribution in [3.05, 3.63) is 70.8 Å². The Bertz CT molecular complexity index is 1160. The molecule has 0 spiro atoms. The minimum Gasteiger partial charge on any atom is -0.480 e. The number of carbonyl (C=O) groups is 3. The zero-order chi connectivity index (χ0) is 27.1. The normalized spacial score (nSPS) is 16.4. The first-order valence-electron chi connectivity index (χ1n) is 13.3. The van der Waals surface area contributed by atoms with E-state index in [0.29, 0.717) is 30.7 Å². The average molecular weight is 593 g/mol. The van der Waals surface area contributed by atoms with Gasteiger partial charge in [-0.3, -0.25) is 25.1 Å². The molecule has 40 heavy (non-hydrogen) atoms. The lowest BCUT2D eigenvalue weighted by molar-refractivity contribution is -0.137. The molecule has 2 aromatic rings. The van der Waals surface area contributed by atoms with Crippen LogP contribution in [0.5, 0.6) is 0 Å². The highest BCUT2D eigenvalue weighted by molar-refractivity contribution is 5.95. The summed E-state index contributed by atoms with van der Waals surface area (Å²) in [4.78, 5) is 38.6. The summed E-state index contributed by atoms with van der Waals surface area (Å²) >= 11 is 0. The van der Waals surface area contributed by atoms with Crippen molar-refractivity contribution in [2.45, 2.75) is 69.5 Å². The van der Waals surface area contributed by atoms with Crippen LogP contribution in [0.15, 0.2) is 48.5 Å². The molecule has 1 saturated carbocycles. The number of amides is 2. The number of carboxylic acids is 1. The number of fused-ring (bicyclic) bond motifs is 1. The van der Waals surface area contributed by atoms with Gasteiger partial charge in [-0.15, -0.1) is 24.8 Å². The largest absolute Gasteiger partial charge is 0.480 e. The molecule has 2 amide bonds. The maximum Gasteiger partial charge on any atom is 0.317 e. The Kier molecular flexibility index (Phi) is 12.4. The molecule has 2 aliphatic carbocycles. The van der Waals surface area contributed by atoms with Crippen LogP contribution in [0.25, 0.3) is 0 Å². The monoisotopic (exact) mass is 591 g/mol. The van der Waals surface area contributed by atoms with E-state index < -0.39 is 17.6 Å². The number of hydrogen-bond acceptors (Lipinski definition) is 5. The molecule has 1 fully saturated rings. The number of nitrogens with two attached hydrogens (primary N) is 1. The number of halogens is 2. The lowest BCUT2D eigenvalue weighted by atomic mass is 9.84. The summed E-state index contributed by atoms with van der Waals surface area (Å²) in [5.74, 6) is -1.32. The van der Waals surface area contributed by atoms with Crippen molar-refractivity contribution in [1.82, 2.24) is 16.0 Å². The highest BCUT2D eigenvalue weighted by Crippen LogP contribution is 2.32. The molecule has 0 bridgehead atoms. The summed E-state index contributed by atoms with van der Waals surface area (Å²) in [6.07, 6.45) is 6.75. The predicted molar refractivity (Wildman–Crippen MR) is 159 cm³/mol. The van der Waals surface area contributed by atoms with Crippen molar-refractivity contribution in [2.75, 3.05) is 6.54 Å². The van der Waals surface area contributed by atoms with Crippen LogP contribution in [0.4, 0.5) is 0 Å². The number of amidine groups is 1. The number of benzene rings is 2. The number of nitrogens with one attached hydrogen (secondary N) is 4. The Hall–Kier alpha value is -3.14. The van der Waals surface area contributed by atoms with E-state index in [0.717, 1.165) is 42.4 Å². The first-order chi connectivity index (χ1) is 18.3. The molecule has 11 heteroatoms. The van der Waals surface area contributed by atoms with Gasteiger partial charge in [0, 0.05) is 24.9 Å². The summed E-state index contributed by atoms with van der Waals surface area (Å²) in [7, 11) is 0. The van der Waals surface area contributed by atoms with Crippen LogP contribution in [0, 0.1) is 11.3 Å². The number of rotatable bonds is 11. The van der Waals surface area contributed by atoms with Crippen molar-refractivity contribution in [3.8, 4) is 0 Å². The minimum absolute atomic E-state index is 0. The van der Waals surface area contributed by atoms with Gasteiger partial charge in [-0.25, -0.2) is 0 Å².